The lowest BCUT2D eigenvalue weighted by atomic mass is 9.92. The van der Waals surface area contributed by atoms with Gasteiger partial charge < -0.3 is 19.7 Å². The number of nitrogens with zero attached hydrogens (tertiary/aromatic N) is 1. The van der Waals surface area contributed by atoms with Gasteiger partial charge in [-0.2, -0.15) is 13.2 Å². The predicted molar refractivity (Wildman–Crippen MR) is 86.5 cm³/mol. The van der Waals surface area contributed by atoms with E-state index in [1.165, 1.54) is 19.1 Å². The minimum atomic E-state index is -4.52. The maximum absolute atomic E-state index is 12.4. The second-order valence-electron chi connectivity index (χ2n) is 5.91. The molecule has 2 amide bonds. The smallest absolute Gasteiger partial charge is 0.405 e. The summed E-state index contributed by atoms with van der Waals surface area (Å²) < 4.78 is 47.6. The third-order valence-electron chi connectivity index (χ3n) is 4.23. The molecule has 1 aliphatic rings. The van der Waals surface area contributed by atoms with Crippen LogP contribution in [-0.4, -0.2) is 56.8 Å². The van der Waals surface area contributed by atoms with E-state index < -0.39 is 30.6 Å². The number of halogens is 3. The van der Waals surface area contributed by atoms with E-state index >= 15 is 0 Å². The van der Waals surface area contributed by atoms with Crippen molar-refractivity contribution in [3.05, 3.63) is 29.8 Å². The molecule has 6 nitrogen and oxygen atoms in total. The average molecular weight is 374 g/mol. The summed E-state index contributed by atoms with van der Waals surface area (Å²) in [6.07, 6.45) is -4.69. The lowest BCUT2D eigenvalue weighted by Crippen LogP contribution is -2.40. The topological polar surface area (TPSA) is 67.9 Å². The highest BCUT2D eigenvalue weighted by molar-refractivity contribution is 5.90. The number of benzene rings is 1. The van der Waals surface area contributed by atoms with E-state index in [0.29, 0.717) is 11.3 Å². The lowest BCUT2D eigenvalue weighted by molar-refractivity contribution is -0.141. The first-order valence-electron chi connectivity index (χ1n) is 8.04. The van der Waals surface area contributed by atoms with Crippen LogP contribution < -0.4 is 10.1 Å². The summed E-state index contributed by atoms with van der Waals surface area (Å²) in [4.78, 5) is 26.2. The Balaban J connectivity index is 2.33. The van der Waals surface area contributed by atoms with E-state index in [1.807, 2.05) is 5.32 Å². The van der Waals surface area contributed by atoms with Crippen molar-refractivity contribution >= 4 is 11.8 Å². The van der Waals surface area contributed by atoms with E-state index in [-0.39, 0.29) is 25.5 Å². The largest absolute Gasteiger partial charge is 0.496 e. The Kier molecular flexibility index (Phi) is 6.47. The minimum Gasteiger partial charge on any atom is -0.496 e. The molecule has 0 unspecified atom stereocenters. The molecule has 1 fully saturated rings. The van der Waals surface area contributed by atoms with Crippen LogP contribution in [0.1, 0.15) is 18.0 Å². The second kappa shape index (κ2) is 8.39. The van der Waals surface area contributed by atoms with E-state index in [4.69, 9.17) is 9.47 Å². The summed E-state index contributed by atoms with van der Waals surface area (Å²) in [5, 5.41) is 1.88. The summed E-state index contributed by atoms with van der Waals surface area (Å²) in [6.45, 7) is -0.970. The zero-order valence-electron chi connectivity index (χ0n) is 14.5. The molecule has 0 bridgehead atoms. The Bertz CT molecular complexity index is 651. The third kappa shape index (κ3) is 4.66. The highest BCUT2D eigenvalue weighted by Gasteiger charge is 2.45. The van der Waals surface area contributed by atoms with Crippen molar-refractivity contribution in [1.82, 2.24) is 10.2 Å². The van der Waals surface area contributed by atoms with Gasteiger partial charge in [-0.15, -0.1) is 0 Å². The first-order valence-corrected chi connectivity index (χ1v) is 8.04. The third-order valence-corrected chi connectivity index (χ3v) is 4.23. The van der Waals surface area contributed by atoms with Crippen molar-refractivity contribution in [2.24, 2.45) is 5.92 Å². The van der Waals surface area contributed by atoms with Crippen LogP contribution in [-0.2, 0) is 14.3 Å². The van der Waals surface area contributed by atoms with Gasteiger partial charge in [0.1, 0.15) is 12.3 Å². The Hall–Kier alpha value is -2.29. The van der Waals surface area contributed by atoms with Crippen molar-refractivity contribution < 1.29 is 32.2 Å². The molecule has 1 aromatic carbocycles. The number of para-hydroxylation sites is 1. The zero-order valence-corrected chi connectivity index (χ0v) is 14.5. The number of rotatable bonds is 7. The number of hydrogen-bond donors (Lipinski definition) is 1. The van der Waals surface area contributed by atoms with Gasteiger partial charge in [0.25, 0.3) is 0 Å². The Morgan fingerprint density at radius 2 is 2.00 bits per heavy atom. The molecule has 1 aliphatic heterocycles. The van der Waals surface area contributed by atoms with Gasteiger partial charge in [0.2, 0.25) is 11.8 Å². The van der Waals surface area contributed by atoms with Gasteiger partial charge in [-0.1, -0.05) is 18.2 Å². The molecule has 9 heteroatoms. The molecule has 0 aromatic heterocycles. The molecule has 0 spiro atoms. The lowest BCUT2D eigenvalue weighted by Gasteiger charge is -2.29. The van der Waals surface area contributed by atoms with E-state index in [2.05, 4.69) is 0 Å². The fraction of sp³-hybridized carbons (Fsp3) is 0.529. The minimum absolute atomic E-state index is 0.171. The van der Waals surface area contributed by atoms with E-state index in [9.17, 15) is 22.8 Å². The average Bonchev–Trinajstić information content (AvgIpc) is 2.93. The SMILES string of the molecule is COCCN1C(=O)C[C@@H](C(=O)NCC(F)(F)F)[C@@H]1c1ccccc1OC. The van der Waals surface area contributed by atoms with Gasteiger partial charge in [-0.3, -0.25) is 9.59 Å². The summed E-state index contributed by atoms with van der Waals surface area (Å²) in [5.74, 6) is -1.61. The highest BCUT2D eigenvalue weighted by Crippen LogP contribution is 2.41. The van der Waals surface area contributed by atoms with Crippen LogP contribution in [0, 0.1) is 5.92 Å². The first-order chi connectivity index (χ1) is 12.3. The highest BCUT2D eigenvalue weighted by atomic mass is 19.4. The molecule has 2 atom stereocenters. The number of ether oxygens (including phenoxy) is 2. The Labute approximate surface area is 149 Å². The number of hydrogen-bond acceptors (Lipinski definition) is 4. The van der Waals surface area contributed by atoms with Gasteiger partial charge in [-0.25, -0.2) is 0 Å². The maximum atomic E-state index is 12.4. The van der Waals surface area contributed by atoms with Gasteiger partial charge in [0, 0.05) is 25.6 Å². The normalized spacial score (nSPS) is 20.3. The molecular formula is C17H21F3N2O4. The molecule has 1 aromatic rings. The molecule has 1 heterocycles. The predicted octanol–water partition coefficient (Wildman–Crippen LogP) is 1.91. The monoisotopic (exact) mass is 374 g/mol. The quantitative estimate of drug-likeness (QED) is 0.792. The van der Waals surface area contributed by atoms with Crippen LogP contribution in [0.25, 0.3) is 0 Å². The zero-order chi connectivity index (χ0) is 19.3. The number of carbonyl (C=O) groups is 2. The van der Waals surface area contributed by atoms with Crippen molar-refractivity contribution in [1.29, 1.82) is 0 Å². The van der Waals surface area contributed by atoms with Crippen LogP contribution in [0.15, 0.2) is 24.3 Å². The summed E-state index contributed by atoms with van der Waals surface area (Å²) >= 11 is 0. The number of alkyl halides is 3. The van der Waals surface area contributed by atoms with Crippen molar-refractivity contribution in [2.45, 2.75) is 18.6 Å². The van der Waals surface area contributed by atoms with E-state index in [1.54, 1.807) is 24.3 Å². The van der Waals surface area contributed by atoms with E-state index in [0.717, 1.165) is 0 Å². The van der Waals surface area contributed by atoms with Crippen LogP contribution >= 0.6 is 0 Å². The molecule has 26 heavy (non-hydrogen) atoms. The second-order valence-corrected chi connectivity index (χ2v) is 5.91. The maximum Gasteiger partial charge on any atom is 0.405 e. The molecule has 0 saturated carbocycles. The fourth-order valence-corrected chi connectivity index (χ4v) is 3.09. The number of nitrogens with one attached hydrogen (secondary N) is 1. The van der Waals surface area contributed by atoms with Gasteiger partial charge in [0.15, 0.2) is 0 Å². The Morgan fingerprint density at radius 3 is 2.62 bits per heavy atom. The number of likely N-dealkylation sites (tertiary alicyclic amines) is 1. The number of amides is 2. The summed E-state index contributed by atoms with van der Waals surface area (Å²) in [5.41, 5.74) is 0.573. The van der Waals surface area contributed by atoms with Crippen molar-refractivity contribution in [3.8, 4) is 5.75 Å². The fourth-order valence-electron chi connectivity index (χ4n) is 3.09. The van der Waals surface area contributed by atoms with Crippen LogP contribution in [0.5, 0.6) is 5.75 Å². The number of methoxy groups -OCH3 is 2. The summed E-state index contributed by atoms with van der Waals surface area (Å²) in [6, 6.07) is 6.11. The first kappa shape index (κ1) is 20.0. The molecule has 2 rings (SSSR count). The van der Waals surface area contributed by atoms with Crippen molar-refractivity contribution in [3.63, 3.8) is 0 Å². The van der Waals surface area contributed by atoms with Crippen LogP contribution in [0.4, 0.5) is 13.2 Å². The molecule has 144 valence electrons. The molecule has 0 radical (unpaired) electrons. The molecule has 1 N–H and O–H groups in total. The van der Waals surface area contributed by atoms with Crippen LogP contribution in [0.3, 0.4) is 0 Å². The Morgan fingerprint density at radius 1 is 1.31 bits per heavy atom. The molecule has 0 aliphatic carbocycles. The summed E-state index contributed by atoms with van der Waals surface area (Å²) in [7, 11) is 2.93. The molecular weight excluding hydrogens is 353 g/mol. The van der Waals surface area contributed by atoms with Crippen molar-refractivity contribution in [2.75, 3.05) is 33.9 Å². The number of carbonyl (C=O) groups excluding carboxylic acids is 2. The molecule has 1 saturated heterocycles. The standard InChI is InChI=1S/C17H21F3N2O4/c1-25-8-7-22-14(23)9-12(16(24)21-10-17(18,19)20)15(22)11-5-3-4-6-13(11)26-2/h3-6,12,15H,7-10H2,1-2H3,(H,21,24)/t12-,15+/m1/s1. The van der Waals surface area contributed by atoms with Gasteiger partial charge >= 0.3 is 6.18 Å². The van der Waals surface area contributed by atoms with Gasteiger partial charge in [-0.05, 0) is 6.07 Å². The van der Waals surface area contributed by atoms with Gasteiger partial charge in [0.05, 0.1) is 25.7 Å². The van der Waals surface area contributed by atoms with Crippen LogP contribution in [0.2, 0.25) is 0 Å².